The van der Waals surface area contributed by atoms with Crippen LogP contribution >= 0.6 is 0 Å². The zero-order chi connectivity index (χ0) is 27.0. The van der Waals surface area contributed by atoms with E-state index >= 15 is 0 Å². The maximum Gasteiger partial charge on any atom is 0.338 e. The molecule has 37 heavy (non-hydrogen) atoms. The number of para-hydroxylation sites is 2. The minimum absolute atomic E-state index is 0.0479. The van der Waals surface area contributed by atoms with Crippen molar-refractivity contribution in [3.05, 3.63) is 83.9 Å². The number of carbonyl (C=O) groups excluding carboxylic acids is 3. The van der Waals surface area contributed by atoms with Gasteiger partial charge in [-0.3, -0.25) is 19.2 Å². The third kappa shape index (κ3) is 5.14. The average molecular weight is 530 g/mol. The fourth-order valence-corrected chi connectivity index (χ4v) is 4.80. The number of nitrogens with zero attached hydrogens (tertiary/aromatic N) is 1. The lowest BCUT2D eigenvalue weighted by atomic mass is 9.96. The highest BCUT2D eigenvalue weighted by atomic mass is 32.2. The number of anilines is 3. The van der Waals surface area contributed by atoms with Gasteiger partial charge in [0.2, 0.25) is 5.91 Å². The molecule has 0 atom stereocenters. The number of esters is 1. The number of fused-ring (bicyclic) bond motifs is 1. The quantitative estimate of drug-likeness (QED) is 0.470. The van der Waals surface area contributed by atoms with E-state index in [1.54, 1.807) is 38.1 Å². The zero-order valence-electron chi connectivity index (χ0n) is 19.6. The molecule has 192 valence electrons. The first kappa shape index (κ1) is 25.8. The van der Waals surface area contributed by atoms with E-state index in [0.29, 0.717) is 23.5 Å². The molecule has 2 N–H and O–H groups in total. The molecule has 0 saturated carbocycles. The number of rotatable bonds is 6. The smallest absolute Gasteiger partial charge is 0.338 e. The van der Waals surface area contributed by atoms with Crippen molar-refractivity contribution in [1.82, 2.24) is 0 Å². The molecule has 3 aromatic carbocycles. The summed E-state index contributed by atoms with van der Waals surface area (Å²) in [5.74, 6) is -4.50. The third-order valence-electron chi connectivity index (χ3n) is 5.64. The number of carbonyl (C=O) groups is 3. The van der Waals surface area contributed by atoms with Gasteiger partial charge < -0.3 is 10.1 Å². The van der Waals surface area contributed by atoms with Gasteiger partial charge >= 0.3 is 5.97 Å². The van der Waals surface area contributed by atoms with Crippen molar-refractivity contribution < 1.29 is 36.3 Å². The molecule has 0 fully saturated rings. The topological polar surface area (TPSA) is 122 Å². The van der Waals surface area contributed by atoms with Gasteiger partial charge in [-0.1, -0.05) is 18.2 Å². The van der Waals surface area contributed by atoms with Crippen LogP contribution in [0.4, 0.5) is 25.8 Å². The summed E-state index contributed by atoms with van der Waals surface area (Å²) in [6, 6.07) is 14.0. The predicted octanol–water partition coefficient (Wildman–Crippen LogP) is 3.69. The van der Waals surface area contributed by atoms with E-state index in [4.69, 9.17) is 4.74 Å². The van der Waals surface area contributed by atoms with Crippen LogP contribution in [0.3, 0.4) is 0 Å². The summed E-state index contributed by atoms with van der Waals surface area (Å²) in [4.78, 5) is 38.9. The molecule has 0 bridgehead atoms. The van der Waals surface area contributed by atoms with E-state index in [1.165, 1.54) is 23.1 Å². The Hall–Kier alpha value is -4.32. The van der Waals surface area contributed by atoms with Gasteiger partial charge in [-0.2, -0.15) is 0 Å². The van der Waals surface area contributed by atoms with Gasteiger partial charge in [-0.15, -0.1) is 0 Å². The standard InChI is InChI=1S/C25H21F2N3O6S/c1-25(2)24(33)28-20-8-3-4-9-21(20)30(25)22(31)14-36-23(32)15-6-5-7-16(12-15)29-37(34,35)17-10-11-18(26)19(27)13-17/h3-13,29H,14H2,1-2H3,(H,28,33). The van der Waals surface area contributed by atoms with Gasteiger partial charge in [-0.05, 0) is 62.4 Å². The minimum Gasteiger partial charge on any atom is -0.452 e. The third-order valence-corrected chi connectivity index (χ3v) is 7.01. The van der Waals surface area contributed by atoms with Crippen LogP contribution < -0.4 is 14.9 Å². The molecule has 2 amide bonds. The van der Waals surface area contributed by atoms with Crippen LogP contribution in [0, 0.1) is 11.6 Å². The predicted molar refractivity (Wildman–Crippen MR) is 131 cm³/mol. The number of hydrogen-bond acceptors (Lipinski definition) is 6. The molecule has 0 unspecified atom stereocenters. The molecule has 3 aromatic rings. The van der Waals surface area contributed by atoms with E-state index in [9.17, 15) is 31.6 Å². The zero-order valence-corrected chi connectivity index (χ0v) is 20.4. The van der Waals surface area contributed by atoms with Gasteiger partial charge in [0, 0.05) is 5.69 Å². The van der Waals surface area contributed by atoms with Crippen LogP contribution in [0.25, 0.3) is 0 Å². The summed E-state index contributed by atoms with van der Waals surface area (Å²) in [6.07, 6.45) is 0. The molecule has 4 rings (SSSR count). The summed E-state index contributed by atoms with van der Waals surface area (Å²) in [7, 11) is -4.29. The van der Waals surface area contributed by atoms with E-state index in [1.807, 2.05) is 0 Å². The first-order valence-electron chi connectivity index (χ1n) is 10.9. The molecule has 0 aliphatic carbocycles. The number of sulfonamides is 1. The second kappa shape index (κ2) is 9.62. The fraction of sp³-hybridized carbons (Fsp3) is 0.160. The molecular formula is C25H21F2N3O6S. The lowest BCUT2D eigenvalue weighted by molar-refractivity contribution is -0.128. The van der Waals surface area contributed by atoms with Crippen LogP contribution in [0.2, 0.25) is 0 Å². The van der Waals surface area contributed by atoms with Crippen molar-refractivity contribution in [2.75, 3.05) is 21.5 Å². The Morgan fingerprint density at radius 1 is 1.00 bits per heavy atom. The summed E-state index contributed by atoms with van der Waals surface area (Å²) in [5, 5.41) is 2.73. The first-order chi connectivity index (χ1) is 17.4. The van der Waals surface area contributed by atoms with E-state index in [0.717, 1.165) is 12.1 Å². The molecule has 0 spiro atoms. The molecule has 1 aliphatic heterocycles. The normalized spacial score (nSPS) is 14.4. The van der Waals surface area contributed by atoms with Crippen molar-refractivity contribution in [3.63, 3.8) is 0 Å². The van der Waals surface area contributed by atoms with Crippen LogP contribution in [0.15, 0.2) is 71.6 Å². The van der Waals surface area contributed by atoms with Crippen molar-refractivity contribution in [2.45, 2.75) is 24.3 Å². The molecule has 12 heteroatoms. The molecular weight excluding hydrogens is 508 g/mol. The minimum atomic E-state index is -4.29. The largest absolute Gasteiger partial charge is 0.452 e. The maximum atomic E-state index is 13.5. The molecule has 1 aliphatic rings. The highest BCUT2D eigenvalue weighted by Crippen LogP contribution is 2.36. The Labute approximate surface area is 211 Å². The summed E-state index contributed by atoms with van der Waals surface area (Å²) in [6.45, 7) is 2.43. The number of hydrogen-bond donors (Lipinski definition) is 2. The number of halogens is 2. The summed E-state index contributed by atoms with van der Waals surface area (Å²) >= 11 is 0. The number of nitrogens with one attached hydrogen (secondary N) is 2. The van der Waals surface area contributed by atoms with E-state index in [-0.39, 0.29) is 11.3 Å². The van der Waals surface area contributed by atoms with Crippen LogP contribution in [-0.2, 0) is 24.3 Å². The van der Waals surface area contributed by atoms with Crippen molar-refractivity contribution in [3.8, 4) is 0 Å². The molecule has 0 saturated heterocycles. The lowest BCUT2D eigenvalue weighted by Gasteiger charge is -2.41. The number of amides is 2. The average Bonchev–Trinajstić information content (AvgIpc) is 2.84. The first-order valence-corrected chi connectivity index (χ1v) is 12.4. The van der Waals surface area contributed by atoms with E-state index < -0.39 is 56.5 Å². The highest BCUT2D eigenvalue weighted by Gasteiger charge is 2.43. The van der Waals surface area contributed by atoms with Crippen molar-refractivity contribution >= 4 is 44.9 Å². The number of benzene rings is 3. The Kier molecular flexibility index (Phi) is 6.70. The monoisotopic (exact) mass is 529 g/mol. The molecule has 0 radical (unpaired) electrons. The van der Waals surface area contributed by atoms with Crippen molar-refractivity contribution in [2.24, 2.45) is 0 Å². The SMILES string of the molecule is CC1(C)C(=O)Nc2ccccc2N1C(=O)COC(=O)c1cccc(NS(=O)(=O)c2ccc(F)c(F)c2)c1. The van der Waals surface area contributed by atoms with Gasteiger partial charge in [0.05, 0.1) is 21.8 Å². The summed E-state index contributed by atoms with van der Waals surface area (Å²) < 4.78 is 59.0. The van der Waals surface area contributed by atoms with Gasteiger partial charge in [0.15, 0.2) is 18.2 Å². The van der Waals surface area contributed by atoms with Gasteiger partial charge in [-0.25, -0.2) is 22.0 Å². The fourth-order valence-electron chi connectivity index (χ4n) is 3.74. The Morgan fingerprint density at radius 2 is 1.73 bits per heavy atom. The molecule has 0 aromatic heterocycles. The summed E-state index contributed by atoms with van der Waals surface area (Å²) in [5.41, 5.74) is -0.493. The van der Waals surface area contributed by atoms with Gasteiger partial charge in [0.1, 0.15) is 5.54 Å². The highest BCUT2D eigenvalue weighted by molar-refractivity contribution is 7.92. The second-order valence-electron chi connectivity index (χ2n) is 8.60. The van der Waals surface area contributed by atoms with Crippen LogP contribution in [-0.4, -0.2) is 38.3 Å². The molecule has 1 heterocycles. The van der Waals surface area contributed by atoms with Gasteiger partial charge in [0.25, 0.3) is 15.9 Å². The number of ether oxygens (including phenoxy) is 1. The Morgan fingerprint density at radius 3 is 2.46 bits per heavy atom. The maximum absolute atomic E-state index is 13.5. The lowest BCUT2D eigenvalue weighted by Crippen LogP contribution is -2.59. The Bertz CT molecular complexity index is 1520. The Balaban J connectivity index is 1.48. The van der Waals surface area contributed by atoms with Crippen LogP contribution in [0.5, 0.6) is 0 Å². The van der Waals surface area contributed by atoms with Crippen molar-refractivity contribution in [1.29, 1.82) is 0 Å². The van der Waals surface area contributed by atoms with E-state index in [2.05, 4.69) is 10.0 Å². The second-order valence-corrected chi connectivity index (χ2v) is 10.3. The van der Waals surface area contributed by atoms with Crippen LogP contribution in [0.1, 0.15) is 24.2 Å². The molecule has 9 nitrogen and oxygen atoms in total.